The number of nitrogens with zero attached hydrogens (tertiary/aromatic N) is 1. The van der Waals surface area contributed by atoms with E-state index in [1.807, 2.05) is 31.2 Å². The first-order valence-corrected chi connectivity index (χ1v) is 8.01. The number of aryl methyl sites for hydroxylation is 1. The average Bonchev–Trinajstić information content (AvgIpc) is 2.48. The zero-order chi connectivity index (χ0) is 14.8. The fourth-order valence-corrected chi connectivity index (χ4v) is 3.12. The van der Waals surface area contributed by atoms with Gasteiger partial charge in [-0.1, -0.05) is 15.9 Å². The Morgan fingerprint density at radius 1 is 1.35 bits per heavy atom. The third-order valence-corrected chi connectivity index (χ3v) is 4.27. The minimum absolute atomic E-state index is 0. The molecule has 7 heteroatoms. The third kappa shape index (κ3) is 4.80. The summed E-state index contributed by atoms with van der Waals surface area (Å²) in [7, 11) is 0. The van der Waals surface area contributed by atoms with Crippen LogP contribution in [-0.4, -0.2) is 30.0 Å². The Labute approximate surface area is 156 Å². The number of carbonyl (C=O) groups excluding carboxylic acids is 1. The summed E-state index contributed by atoms with van der Waals surface area (Å²) >= 11 is 3.46. The minimum atomic E-state index is -0.0164. The molecule has 2 aromatic rings. The molecule has 1 aromatic heterocycles. The van der Waals surface area contributed by atoms with Gasteiger partial charge in [0.2, 0.25) is 0 Å². The van der Waals surface area contributed by atoms with Crippen molar-refractivity contribution in [1.29, 1.82) is 0 Å². The van der Waals surface area contributed by atoms with Crippen molar-refractivity contribution in [1.82, 2.24) is 15.6 Å². The molecule has 0 bridgehead atoms. The van der Waals surface area contributed by atoms with Gasteiger partial charge in [0.15, 0.2) is 0 Å². The number of fused-ring (bicyclic) bond motifs is 1. The molecule has 23 heavy (non-hydrogen) atoms. The van der Waals surface area contributed by atoms with Gasteiger partial charge >= 0.3 is 0 Å². The lowest BCUT2D eigenvalue weighted by molar-refractivity contribution is 0.0932. The molecule has 0 radical (unpaired) electrons. The standard InChI is InChI=1S/C16H18BrN3O.2ClH/c1-10-7-14(13-8-11(17)4-5-15(13)19-10)16(21)20-12-3-2-6-18-9-12;;/h4-5,7-8,12,18H,2-3,6,9H2,1H3,(H,20,21);2*1H. The van der Waals surface area contributed by atoms with Crippen LogP contribution in [0, 0.1) is 6.92 Å². The first kappa shape index (κ1) is 20.2. The van der Waals surface area contributed by atoms with Gasteiger partial charge in [-0.2, -0.15) is 0 Å². The fraction of sp³-hybridized carbons (Fsp3) is 0.375. The van der Waals surface area contributed by atoms with Crippen molar-refractivity contribution >= 4 is 57.6 Å². The van der Waals surface area contributed by atoms with Crippen molar-refractivity contribution in [2.24, 2.45) is 0 Å². The number of pyridine rings is 1. The van der Waals surface area contributed by atoms with E-state index in [0.29, 0.717) is 5.56 Å². The van der Waals surface area contributed by atoms with Crippen molar-refractivity contribution < 1.29 is 4.79 Å². The molecule has 2 heterocycles. The number of rotatable bonds is 2. The maximum absolute atomic E-state index is 12.6. The highest BCUT2D eigenvalue weighted by atomic mass is 79.9. The summed E-state index contributed by atoms with van der Waals surface area (Å²) in [5.41, 5.74) is 2.41. The normalized spacial score (nSPS) is 17.0. The summed E-state index contributed by atoms with van der Waals surface area (Å²) in [6.45, 7) is 3.80. The smallest absolute Gasteiger partial charge is 0.252 e. The summed E-state index contributed by atoms with van der Waals surface area (Å²) < 4.78 is 0.953. The Bertz CT molecular complexity index is 690. The fourth-order valence-electron chi connectivity index (χ4n) is 2.76. The highest BCUT2D eigenvalue weighted by Gasteiger charge is 2.18. The lowest BCUT2D eigenvalue weighted by atomic mass is 10.0. The lowest BCUT2D eigenvalue weighted by Crippen LogP contribution is -2.45. The molecule has 0 aliphatic carbocycles. The Kier molecular flexibility index (Phi) is 7.74. The van der Waals surface area contributed by atoms with Crippen LogP contribution in [0.25, 0.3) is 10.9 Å². The van der Waals surface area contributed by atoms with Gasteiger partial charge < -0.3 is 10.6 Å². The molecule has 1 aromatic carbocycles. The topological polar surface area (TPSA) is 54.0 Å². The predicted molar refractivity (Wildman–Crippen MR) is 102 cm³/mol. The zero-order valence-corrected chi connectivity index (χ0v) is 16.0. The van der Waals surface area contributed by atoms with Crippen LogP contribution < -0.4 is 10.6 Å². The maximum atomic E-state index is 12.6. The van der Waals surface area contributed by atoms with Crippen LogP contribution in [0.2, 0.25) is 0 Å². The summed E-state index contributed by atoms with van der Waals surface area (Å²) in [5, 5.41) is 7.33. The second kappa shape index (κ2) is 8.83. The number of carbonyl (C=O) groups is 1. The van der Waals surface area contributed by atoms with Gasteiger partial charge in [0.05, 0.1) is 11.1 Å². The van der Waals surface area contributed by atoms with Crippen LogP contribution in [0.1, 0.15) is 28.9 Å². The van der Waals surface area contributed by atoms with Crippen LogP contribution in [0.3, 0.4) is 0 Å². The molecule has 1 aliphatic heterocycles. The van der Waals surface area contributed by atoms with Crippen LogP contribution in [0.15, 0.2) is 28.7 Å². The zero-order valence-electron chi connectivity index (χ0n) is 12.8. The molecule has 0 spiro atoms. The monoisotopic (exact) mass is 419 g/mol. The van der Waals surface area contributed by atoms with Crippen molar-refractivity contribution in [3.05, 3.63) is 40.0 Å². The number of hydrogen-bond donors (Lipinski definition) is 2. The highest BCUT2D eigenvalue weighted by molar-refractivity contribution is 9.10. The molecular formula is C16H20BrCl2N3O. The van der Waals surface area contributed by atoms with Crippen LogP contribution in [0.4, 0.5) is 0 Å². The number of halogens is 3. The van der Waals surface area contributed by atoms with Gasteiger partial charge in [0.25, 0.3) is 5.91 Å². The Balaban J connectivity index is 0.00000132. The van der Waals surface area contributed by atoms with E-state index >= 15 is 0 Å². The van der Waals surface area contributed by atoms with Crippen molar-refractivity contribution in [3.63, 3.8) is 0 Å². The van der Waals surface area contributed by atoms with E-state index in [1.165, 1.54) is 0 Å². The average molecular weight is 421 g/mol. The summed E-state index contributed by atoms with van der Waals surface area (Å²) in [6.07, 6.45) is 2.14. The van der Waals surface area contributed by atoms with Crippen LogP contribution >= 0.6 is 40.7 Å². The van der Waals surface area contributed by atoms with Gasteiger partial charge in [-0.25, -0.2) is 0 Å². The minimum Gasteiger partial charge on any atom is -0.348 e. The molecule has 4 nitrogen and oxygen atoms in total. The summed E-state index contributed by atoms with van der Waals surface area (Å²) in [4.78, 5) is 17.1. The number of hydrogen-bond acceptors (Lipinski definition) is 3. The third-order valence-electron chi connectivity index (χ3n) is 3.78. The van der Waals surface area contributed by atoms with E-state index in [0.717, 1.165) is 47.0 Å². The van der Waals surface area contributed by atoms with Gasteiger partial charge in [-0.3, -0.25) is 9.78 Å². The predicted octanol–water partition coefficient (Wildman–Crippen LogP) is 3.63. The second-order valence-electron chi connectivity index (χ2n) is 5.49. The molecule has 1 amide bonds. The van der Waals surface area contributed by atoms with E-state index in [-0.39, 0.29) is 36.8 Å². The number of nitrogens with one attached hydrogen (secondary N) is 2. The first-order valence-electron chi connectivity index (χ1n) is 7.22. The molecule has 1 atom stereocenters. The molecule has 0 saturated carbocycles. The van der Waals surface area contributed by atoms with E-state index in [1.54, 1.807) is 0 Å². The molecule has 1 aliphatic rings. The van der Waals surface area contributed by atoms with Crippen LogP contribution in [0.5, 0.6) is 0 Å². The first-order chi connectivity index (χ1) is 10.1. The highest BCUT2D eigenvalue weighted by Crippen LogP contribution is 2.23. The van der Waals surface area contributed by atoms with Gasteiger partial charge in [-0.15, -0.1) is 24.8 Å². The quantitative estimate of drug-likeness (QED) is 0.779. The number of amides is 1. The molecule has 1 fully saturated rings. The molecular weight excluding hydrogens is 401 g/mol. The lowest BCUT2D eigenvalue weighted by Gasteiger charge is -2.24. The van der Waals surface area contributed by atoms with Gasteiger partial charge in [-0.05, 0) is 50.6 Å². The molecule has 3 rings (SSSR count). The molecule has 126 valence electrons. The molecule has 2 N–H and O–H groups in total. The molecule has 1 unspecified atom stereocenters. The summed E-state index contributed by atoms with van der Waals surface area (Å²) in [6, 6.07) is 7.91. The number of aromatic nitrogens is 1. The van der Waals surface area contributed by atoms with Crippen molar-refractivity contribution in [3.8, 4) is 0 Å². The SMILES string of the molecule is Cc1cc(C(=O)NC2CCCNC2)c2cc(Br)ccc2n1.Cl.Cl. The number of benzene rings is 1. The van der Waals surface area contributed by atoms with Gasteiger partial charge in [0.1, 0.15) is 0 Å². The van der Waals surface area contributed by atoms with Crippen molar-refractivity contribution in [2.45, 2.75) is 25.8 Å². The summed E-state index contributed by atoms with van der Waals surface area (Å²) in [5.74, 6) is -0.0164. The van der Waals surface area contributed by atoms with Crippen molar-refractivity contribution in [2.75, 3.05) is 13.1 Å². The van der Waals surface area contributed by atoms with E-state index in [4.69, 9.17) is 0 Å². The Hall–Kier alpha value is -0.880. The van der Waals surface area contributed by atoms with Crippen LogP contribution in [-0.2, 0) is 0 Å². The van der Waals surface area contributed by atoms with E-state index in [2.05, 4.69) is 31.5 Å². The van der Waals surface area contributed by atoms with E-state index < -0.39 is 0 Å². The maximum Gasteiger partial charge on any atom is 0.252 e. The van der Waals surface area contributed by atoms with E-state index in [9.17, 15) is 4.79 Å². The second-order valence-corrected chi connectivity index (χ2v) is 6.41. The van der Waals surface area contributed by atoms with Gasteiger partial charge in [0, 0.05) is 28.1 Å². The largest absolute Gasteiger partial charge is 0.348 e. The Morgan fingerprint density at radius 3 is 2.83 bits per heavy atom. The Morgan fingerprint density at radius 2 is 2.13 bits per heavy atom. The number of piperidine rings is 1. The molecule has 1 saturated heterocycles.